The van der Waals surface area contributed by atoms with Gasteiger partial charge in [-0.2, -0.15) is 0 Å². The molecule has 0 saturated carbocycles. The van der Waals surface area contributed by atoms with Gasteiger partial charge in [0.1, 0.15) is 5.82 Å². The first-order chi connectivity index (χ1) is 7.66. The molecule has 2 N–H and O–H groups in total. The maximum atomic E-state index is 13.0. The highest BCUT2D eigenvalue weighted by molar-refractivity contribution is 5.20. The number of nitrogens with two attached hydrogens (primary N) is 1. The normalized spacial score (nSPS) is 23.6. The Morgan fingerprint density at radius 2 is 2.38 bits per heavy atom. The summed E-state index contributed by atoms with van der Waals surface area (Å²) >= 11 is 0. The van der Waals surface area contributed by atoms with Crippen LogP contribution in [0.1, 0.15) is 31.4 Å². The fourth-order valence-corrected chi connectivity index (χ4v) is 2.36. The number of hydrogen-bond donors (Lipinski definition) is 1. The lowest BCUT2D eigenvalue weighted by Crippen LogP contribution is -2.34. The summed E-state index contributed by atoms with van der Waals surface area (Å²) in [4.78, 5) is 2.38. The van der Waals surface area contributed by atoms with Gasteiger partial charge in [-0.05, 0) is 44.0 Å². The van der Waals surface area contributed by atoms with E-state index in [2.05, 4.69) is 11.8 Å². The van der Waals surface area contributed by atoms with E-state index >= 15 is 0 Å². The molecule has 0 aliphatic carbocycles. The fourth-order valence-electron chi connectivity index (χ4n) is 2.36. The Morgan fingerprint density at radius 3 is 3.00 bits per heavy atom. The molecule has 1 aromatic rings. The second-order valence-electron chi connectivity index (χ2n) is 4.65. The van der Waals surface area contributed by atoms with Crippen molar-refractivity contribution in [3.8, 4) is 0 Å². The molecule has 0 radical (unpaired) electrons. The van der Waals surface area contributed by atoms with Gasteiger partial charge in [0.25, 0.3) is 0 Å². The summed E-state index contributed by atoms with van der Waals surface area (Å²) in [7, 11) is 0. The summed E-state index contributed by atoms with van der Waals surface area (Å²) in [5, 5.41) is 0. The van der Waals surface area contributed by atoms with Crippen LogP contribution in [0.15, 0.2) is 24.3 Å². The number of benzene rings is 1. The summed E-state index contributed by atoms with van der Waals surface area (Å²) < 4.78 is 13.0. The van der Waals surface area contributed by atoms with Gasteiger partial charge in [-0.1, -0.05) is 12.1 Å². The van der Waals surface area contributed by atoms with Crippen LogP contribution in [0.25, 0.3) is 0 Å². The van der Waals surface area contributed by atoms with Gasteiger partial charge in [-0.3, -0.25) is 4.90 Å². The van der Waals surface area contributed by atoms with Crippen LogP contribution in [0, 0.1) is 5.82 Å². The molecule has 1 aliphatic heterocycles. The zero-order chi connectivity index (χ0) is 11.5. The van der Waals surface area contributed by atoms with E-state index in [1.807, 2.05) is 6.07 Å². The molecular formula is C13H19FN2. The number of halogens is 1. The quantitative estimate of drug-likeness (QED) is 0.850. The molecule has 1 unspecified atom stereocenters. The minimum atomic E-state index is -0.206. The number of likely N-dealkylation sites (tertiary alicyclic amines) is 1. The van der Waals surface area contributed by atoms with Crippen molar-refractivity contribution in [1.29, 1.82) is 0 Å². The third-order valence-electron chi connectivity index (χ3n) is 3.40. The van der Waals surface area contributed by atoms with Gasteiger partial charge >= 0.3 is 0 Å². The van der Waals surface area contributed by atoms with Crippen LogP contribution in [-0.2, 0) is 0 Å². The summed E-state index contributed by atoms with van der Waals surface area (Å²) in [6.07, 6.45) is 2.49. The lowest BCUT2D eigenvalue weighted by atomic mass is 10.1. The van der Waals surface area contributed by atoms with Crippen LogP contribution in [0.5, 0.6) is 0 Å². The SMILES string of the molecule is CC1CCCN1C[C@@H](N)c1cccc(F)c1. The van der Waals surface area contributed by atoms with Gasteiger partial charge < -0.3 is 5.73 Å². The number of nitrogens with zero attached hydrogens (tertiary/aromatic N) is 1. The Balaban J connectivity index is 1.99. The highest BCUT2D eigenvalue weighted by Gasteiger charge is 2.22. The molecule has 1 fully saturated rings. The molecule has 1 aromatic carbocycles. The molecular weight excluding hydrogens is 203 g/mol. The van der Waals surface area contributed by atoms with E-state index in [4.69, 9.17) is 5.73 Å². The van der Waals surface area contributed by atoms with E-state index in [0.29, 0.717) is 6.04 Å². The van der Waals surface area contributed by atoms with Crippen molar-refractivity contribution in [2.75, 3.05) is 13.1 Å². The molecule has 0 amide bonds. The van der Waals surface area contributed by atoms with Gasteiger partial charge in [0, 0.05) is 18.6 Å². The summed E-state index contributed by atoms with van der Waals surface area (Å²) in [6.45, 7) is 4.17. The Labute approximate surface area is 96.2 Å². The maximum Gasteiger partial charge on any atom is 0.123 e. The van der Waals surface area contributed by atoms with Crippen LogP contribution in [-0.4, -0.2) is 24.0 Å². The standard InChI is InChI=1S/C13H19FN2/c1-10-4-3-7-16(10)9-13(15)11-5-2-6-12(14)8-11/h2,5-6,8,10,13H,3-4,7,9,15H2,1H3/t10?,13-/m1/s1. The fraction of sp³-hybridized carbons (Fsp3) is 0.538. The average molecular weight is 222 g/mol. The van der Waals surface area contributed by atoms with Crippen LogP contribution in [0.2, 0.25) is 0 Å². The smallest absolute Gasteiger partial charge is 0.123 e. The van der Waals surface area contributed by atoms with Crippen molar-refractivity contribution in [3.63, 3.8) is 0 Å². The number of hydrogen-bond acceptors (Lipinski definition) is 2. The lowest BCUT2D eigenvalue weighted by molar-refractivity contribution is 0.252. The van der Waals surface area contributed by atoms with E-state index in [1.165, 1.54) is 25.0 Å². The van der Waals surface area contributed by atoms with Crippen molar-refractivity contribution in [1.82, 2.24) is 4.90 Å². The van der Waals surface area contributed by atoms with E-state index in [-0.39, 0.29) is 11.9 Å². The first-order valence-corrected chi connectivity index (χ1v) is 5.92. The minimum Gasteiger partial charge on any atom is -0.323 e. The van der Waals surface area contributed by atoms with Crippen LogP contribution in [0.4, 0.5) is 4.39 Å². The average Bonchev–Trinajstić information content (AvgIpc) is 2.64. The highest BCUT2D eigenvalue weighted by Crippen LogP contribution is 2.20. The third kappa shape index (κ3) is 2.60. The molecule has 2 nitrogen and oxygen atoms in total. The number of rotatable bonds is 3. The first kappa shape index (κ1) is 11.6. The Kier molecular flexibility index (Phi) is 3.56. The second kappa shape index (κ2) is 4.93. The third-order valence-corrected chi connectivity index (χ3v) is 3.40. The highest BCUT2D eigenvalue weighted by atomic mass is 19.1. The topological polar surface area (TPSA) is 29.3 Å². The molecule has 2 rings (SSSR count). The molecule has 3 heteroatoms. The molecule has 2 atom stereocenters. The molecule has 1 heterocycles. The molecule has 1 aliphatic rings. The van der Waals surface area contributed by atoms with Crippen LogP contribution < -0.4 is 5.73 Å². The summed E-state index contributed by atoms with van der Waals surface area (Å²) in [6, 6.07) is 7.13. The van der Waals surface area contributed by atoms with E-state index in [0.717, 1.165) is 18.7 Å². The van der Waals surface area contributed by atoms with Gasteiger partial charge in [0.2, 0.25) is 0 Å². The Hall–Kier alpha value is -0.930. The van der Waals surface area contributed by atoms with Crippen molar-refractivity contribution >= 4 is 0 Å². The molecule has 1 saturated heterocycles. The summed E-state index contributed by atoms with van der Waals surface area (Å²) in [5.74, 6) is -0.206. The molecule has 88 valence electrons. The Morgan fingerprint density at radius 1 is 1.56 bits per heavy atom. The largest absolute Gasteiger partial charge is 0.323 e. The van der Waals surface area contributed by atoms with Crippen molar-refractivity contribution in [2.24, 2.45) is 5.73 Å². The molecule has 0 aromatic heterocycles. The second-order valence-corrected chi connectivity index (χ2v) is 4.65. The zero-order valence-corrected chi connectivity index (χ0v) is 9.70. The monoisotopic (exact) mass is 222 g/mol. The Bertz CT molecular complexity index is 354. The van der Waals surface area contributed by atoms with E-state index in [9.17, 15) is 4.39 Å². The lowest BCUT2D eigenvalue weighted by Gasteiger charge is -2.24. The van der Waals surface area contributed by atoms with Gasteiger partial charge in [-0.15, -0.1) is 0 Å². The predicted molar refractivity (Wildman–Crippen MR) is 63.6 cm³/mol. The van der Waals surface area contributed by atoms with Crippen molar-refractivity contribution < 1.29 is 4.39 Å². The molecule has 0 spiro atoms. The minimum absolute atomic E-state index is 0.0868. The van der Waals surface area contributed by atoms with Crippen molar-refractivity contribution in [3.05, 3.63) is 35.6 Å². The van der Waals surface area contributed by atoms with Gasteiger partial charge in [0.15, 0.2) is 0 Å². The molecule has 0 bridgehead atoms. The van der Waals surface area contributed by atoms with Gasteiger partial charge in [-0.25, -0.2) is 4.39 Å². The summed E-state index contributed by atoms with van der Waals surface area (Å²) in [5.41, 5.74) is 6.99. The maximum absolute atomic E-state index is 13.0. The van der Waals surface area contributed by atoms with Gasteiger partial charge in [0.05, 0.1) is 0 Å². The molecule has 16 heavy (non-hydrogen) atoms. The van der Waals surface area contributed by atoms with Crippen LogP contribution in [0.3, 0.4) is 0 Å². The zero-order valence-electron chi connectivity index (χ0n) is 9.70. The van der Waals surface area contributed by atoms with Crippen LogP contribution >= 0.6 is 0 Å². The van der Waals surface area contributed by atoms with E-state index in [1.54, 1.807) is 6.07 Å². The predicted octanol–water partition coefficient (Wildman–Crippen LogP) is 2.31. The van der Waals surface area contributed by atoms with E-state index < -0.39 is 0 Å². The van der Waals surface area contributed by atoms with Crippen molar-refractivity contribution in [2.45, 2.75) is 31.8 Å². The first-order valence-electron chi connectivity index (χ1n) is 5.92.